The molecular weight excluding hydrogens is 156 g/mol. The van der Waals surface area contributed by atoms with E-state index in [2.05, 4.69) is 17.1 Å². The maximum Gasteiger partial charge on any atom is 0.133 e. The van der Waals surface area contributed by atoms with Crippen molar-refractivity contribution >= 4 is 0 Å². The Morgan fingerprint density at radius 2 is 1.75 bits per heavy atom. The molecule has 0 bridgehead atoms. The molecule has 0 aromatic rings. The Labute approximate surface area is 73.5 Å². The zero-order chi connectivity index (χ0) is 8.49. The van der Waals surface area contributed by atoms with E-state index in [1.54, 1.807) is 0 Å². The van der Waals surface area contributed by atoms with Crippen molar-refractivity contribution in [2.24, 2.45) is 0 Å². The molecule has 2 N–H and O–H groups in total. The Hall–Kier alpha value is -0.160. The molecule has 0 atom stereocenters. The molecule has 1 aliphatic heterocycles. The van der Waals surface area contributed by atoms with E-state index in [1.165, 1.54) is 0 Å². The summed E-state index contributed by atoms with van der Waals surface area (Å²) in [5.74, 6) is 0. The molecule has 0 spiro atoms. The van der Waals surface area contributed by atoms with Crippen LogP contribution in [0.5, 0.6) is 0 Å². The van der Waals surface area contributed by atoms with Gasteiger partial charge < -0.3 is 5.32 Å². The van der Waals surface area contributed by atoms with E-state index in [0.717, 1.165) is 32.5 Å². The Morgan fingerprint density at radius 3 is 2.67 bits per heavy atom. The standard InChI is InChI=1S/C8H17N2O2/c1-2-4-9-6-7-11-12-8-10-5-3-1/h1,9-10H,2-8H2. The van der Waals surface area contributed by atoms with E-state index in [0.29, 0.717) is 13.3 Å². The topological polar surface area (TPSA) is 42.5 Å². The summed E-state index contributed by atoms with van der Waals surface area (Å²) in [5, 5.41) is 6.35. The number of rotatable bonds is 0. The molecule has 4 nitrogen and oxygen atoms in total. The monoisotopic (exact) mass is 173 g/mol. The minimum Gasteiger partial charge on any atom is -0.314 e. The molecule has 1 rings (SSSR count). The van der Waals surface area contributed by atoms with Crippen LogP contribution in [0.1, 0.15) is 12.8 Å². The fourth-order valence-corrected chi connectivity index (χ4v) is 1.01. The molecule has 0 aromatic heterocycles. The summed E-state index contributed by atoms with van der Waals surface area (Å²) in [6.07, 6.45) is 4.50. The van der Waals surface area contributed by atoms with E-state index in [-0.39, 0.29) is 0 Å². The molecule has 1 saturated heterocycles. The molecular formula is C8H17N2O2. The van der Waals surface area contributed by atoms with Gasteiger partial charge in [-0.25, -0.2) is 9.78 Å². The molecule has 4 heteroatoms. The fourth-order valence-electron chi connectivity index (χ4n) is 1.01. The highest BCUT2D eigenvalue weighted by Crippen LogP contribution is 1.91. The molecule has 12 heavy (non-hydrogen) atoms. The summed E-state index contributed by atoms with van der Waals surface area (Å²) >= 11 is 0. The van der Waals surface area contributed by atoms with Crippen molar-refractivity contribution < 1.29 is 9.78 Å². The van der Waals surface area contributed by atoms with Gasteiger partial charge >= 0.3 is 0 Å². The van der Waals surface area contributed by atoms with Gasteiger partial charge in [-0.05, 0) is 32.4 Å². The number of hydrogen-bond acceptors (Lipinski definition) is 4. The molecule has 0 amide bonds. The summed E-state index contributed by atoms with van der Waals surface area (Å²) in [6, 6.07) is 0. The van der Waals surface area contributed by atoms with E-state index in [1.807, 2.05) is 0 Å². The smallest absolute Gasteiger partial charge is 0.133 e. The SMILES string of the molecule is [CH]1CCNCCOOCNCC1. The molecule has 71 valence electrons. The number of nitrogens with one attached hydrogen (secondary N) is 2. The molecule has 0 aliphatic carbocycles. The Balaban J connectivity index is 2.00. The van der Waals surface area contributed by atoms with Gasteiger partial charge in [-0.3, -0.25) is 5.32 Å². The average Bonchev–Trinajstić information content (AvgIpc) is 2.05. The van der Waals surface area contributed by atoms with Crippen LogP contribution in [0.2, 0.25) is 0 Å². The molecule has 1 aliphatic rings. The molecule has 1 fully saturated rings. The summed E-state index contributed by atoms with van der Waals surface area (Å²) in [4.78, 5) is 9.71. The Bertz CT molecular complexity index is 58.0. The maximum atomic E-state index is 4.87. The molecule has 1 heterocycles. The first kappa shape index (κ1) is 9.92. The normalized spacial score (nSPS) is 24.0. The quantitative estimate of drug-likeness (QED) is 0.509. The van der Waals surface area contributed by atoms with Gasteiger partial charge in [-0.2, -0.15) is 0 Å². The minimum atomic E-state index is 0.480. The van der Waals surface area contributed by atoms with E-state index >= 15 is 0 Å². The van der Waals surface area contributed by atoms with E-state index in [9.17, 15) is 0 Å². The van der Waals surface area contributed by atoms with Crippen LogP contribution in [0, 0.1) is 6.42 Å². The zero-order valence-corrected chi connectivity index (χ0v) is 7.34. The lowest BCUT2D eigenvalue weighted by Crippen LogP contribution is -2.25. The second kappa shape index (κ2) is 7.49. The third-order valence-electron chi connectivity index (χ3n) is 1.66. The van der Waals surface area contributed by atoms with Gasteiger partial charge in [0.15, 0.2) is 0 Å². The van der Waals surface area contributed by atoms with Crippen molar-refractivity contribution in [3.05, 3.63) is 6.42 Å². The van der Waals surface area contributed by atoms with Crippen LogP contribution < -0.4 is 10.6 Å². The predicted molar refractivity (Wildman–Crippen MR) is 46.3 cm³/mol. The van der Waals surface area contributed by atoms with Crippen LogP contribution in [0.15, 0.2) is 0 Å². The molecule has 0 saturated carbocycles. The molecule has 0 unspecified atom stereocenters. The van der Waals surface area contributed by atoms with Gasteiger partial charge in [0.2, 0.25) is 0 Å². The lowest BCUT2D eigenvalue weighted by Gasteiger charge is -2.09. The van der Waals surface area contributed by atoms with Gasteiger partial charge in [-0.15, -0.1) is 0 Å². The van der Waals surface area contributed by atoms with E-state index < -0.39 is 0 Å². The van der Waals surface area contributed by atoms with Crippen LogP contribution in [-0.2, 0) is 9.78 Å². The van der Waals surface area contributed by atoms with Crippen LogP contribution in [-0.4, -0.2) is 33.0 Å². The fraction of sp³-hybridized carbons (Fsp3) is 0.875. The largest absolute Gasteiger partial charge is 0.314 e. The van der Waals surface area contributed by atoms with Crippen molar-refractivity contribution in [1.29, 1.82) is 0 Å². The van der Waals surface area contributed by atoms with Crippen LogP contribution >= 0.6 is 0 Å². The van der Waals surface area contributed by atoms with Gasteiger partial charge in [-0.1, -0.05) is 0 Å². The van der Waals surface area contributed by atoms with Crippen molar-refractivity contribution in [2.75, 3.05) is 33.0 Å². The molecule has 1 radical (unpaired) electrons. The first-order valence-corrected chi connectivity index (χ1v) is 4.47. The second-order valence-electron chi connectivity index (χ2n) is 2.70. The summed E-state index contributed by atoms with van der Waals surface area (Å²) in [6.45, 7) is 3.94. The van der Waals surface area contributed by atoms with Gasteiger partial charge in [0.25, 0.3) is 0 Å². The highest BCUT2D eigenvalue weighted by molar-refractivity contribution is 4.67. The van der Waals surface area contributed by atoms with Crippen LogP contribution in [0.3, 0.4) is 0 Å². The molecule has 0 aromatic carbocycles. The van der Waals surface area contributed by atoms with Gasteiger partial charge in [0.05, 0.1) is 6.61 Å². The predicted octanol–water partition coefficient (Wildman–Crippen LogP) is 0.0694. The van der Waals surface area contributed by atoms with Crippen molar-refractivity contribution in [2.45, 2.75) is 12.8 Å². The van der Waals surface area contributed by atoms with Crippen LogP contribution in [0.4, 0.5) is 0 Å². The third kappa shape index (κ3) is 5.49. The summed E-state index contributed by atoms with van der Waals surface area (Å²) < 4.78 is 0. The second-order valence-corrected chi connectivity index (χ2v) is 2.70. The van der Waals surface area contributed by atoms with Crippen molar-refractivity contribution in [3.63, 3.8) is 0 Å². The highest BCUT2D eigenvalue weighted by Gasteiger charge is 1.94. The van der Waals surface area contributed by atoms with Gasteiger partial charge in [0.1, 0.15) is 6.73 Å². The first-order chi connectivity index (χ1) is 6.00. The lowest BCUT2D eigenvalue weighted by atomic mass is 10.2. The summed E-state index contributed by atoms with van der Waals surface area (Å²) in [7, 11) is 0. The van der Waals surface area contributed by atoms with Gasteiger partial charge in [0, 0.05) is 6.54 Å². The first-order valence-electron chi connectivity index (χ1n) is 4.47. The summed E-state index contributed by atoms with van der Waals surface area (Å²) in [5.41, 5.74) is 0. The number of hydrogen-bond donors (Lipinski definition) is 2. The lowest BCUT2D eigenvalue weighted by molar-refractivity contribution is -0.297. The van der Waals surface area contributed by atoms with E-state index in [4.69, 9.17) is 9.78 Å². The zero-order valence-electron chi connectivity index (χ0n) is 7.34. The average molecular weight is 173 g/mol. The minimum absolute atomic E-state index is 0.480. The highest BCUT2D eigenvalue weighted by atomic mass is 17.2. The maximum absolute atomic E-state index is 4.87. The third-order valence-corrected chi connectivity index (χ3v) is 1.66. The Morgan fingerprint density at radius 1 is 0.917 bits per heavy atom. The van der Waals surface area contributed by atoms with Crippen molar-refractivity contribution in [3.8, 4) is 0 Å². The van der Waals surface area contributed by atoms with Crippen LogP contribution in [0.25, 0.3) is 0 Å². The van der Waals surface area contributed by atoms with Crippen molar-refractivity contribution in [1.82, 2.24) is 10.6 Å². The Kier molecular flexibility index (Phi) is 6.19.